The number of nitriles is 1. The number of hydrogen-bond acceptors (Lipinski definition) is 5. The van der Waals surface area contributed by atoms with Gasteiger partial charge in [0.1, 0.15) is 6.61 Å². The van der Waals surface area contributed by atoms with Gasteiger partial charge in [0, 0.05) is 0 Å². The molecule has 0 saturated carbocycles. The SMILES string of the molecule is COc1ccc(C(=O)OCc2ccc(C#N)cc2)cc1OC. The lowest BCUT2D eigenvalue weighted by atomic mass is 10.1. The summed E-state index contributed by atoms with van der Waals surface area (Å²) in [5, 5.41) is 8.73. The van der Waals surface area contributed by atoms with E-state index in [0.29, 0.717) is 22.6 Å². The number of benzene rings is 2. The van der Waals surface area contributed by atoms with Gasteiger partial charge >= 0.3 is 5.97 Å². The van der Waals surface area contributed by atoms with E-state index in [4.69, 9.17) is 19.5 Å². The molecule has 0 aromatic heterocycles. The van der Waals surface area contributed by atoms with Crippen LogP contribution in [-0.4, -0.2) is 20.2 Å². The molecule has 0 bridgehead atoms. The predicted octanol–water partition coefficient (Wildman–Crippen LogP) is 2.93. The van der Waals surface area contributed by atoms with Crippen LogP contribution >= 0.6 is 0 Å². The molecule has 0 fully saturated rings. The molecule has 0 aliphatic heterocycles. The van der Waals surface area contributed by atoms with Gasteiger partial charge in [-0.15, -0.1) is 0 Å². The molecule has 0 N–H and O–H groups in total. The second kappa shape index (κ2) is 7.14. The number of carbonyl (C=O) groups excluding carboxylic acids is 1. The van der Waals surface area contributed by atoms with Gasteiger partial charge in [-0.1, -0.05) is 12.1 Å². The minimum absolute atomic E-state index is 0.138. The number of methoxy groups -OCH3 is 2. The Morgan fingerprint density at radius 2 is 1.73 bits per heavy atom. The van der Waals surface area contributed by atoms with Gasteiger partial charge in [-0.3, -0.25) is 0 Å². The van der Waals surface area contributed by atoms with Crippen LogP contribution in [0.1, 0.15) is 21.5 Å². The van der Waals surface area contributed by atoms with Crippen LogP contribution < -0.4 is 9.47 Å². The summed E-state index contributed by atoms with van der Waals surface area (Å²) in [4.78, 5) is 12.0. The fourth-order valence-electron chi connectivity index (χ4n) is 1.87. The number of esters is 1. The second-order valence-corrected chi connectivity index (χ2v) is 4.45. The molecule has 0 saturated heterocycles. The van der Waals surface area contributed by atoms with Gasteiger partial charge < -0.3 is 14.2 Å². The van der Waals surface area contributed by atoms with E-state index >= 15 is 0 Å². The molecule has 22 heavy (non-hydrogen) atoms. The number of nitrogens with zero attached hydrogens (tertiary/aromatic N) is 1. The molecule has 2 aromatic rings. The smallest absolute Gasteiger partial charge is 0.338 e. The lowest BCUT2D eigenvalue weighted by Gasteiger charge is -2.09. The first kappa shape index (κ1) is 15.4. The summed E-state index contributed by atoms with van der Waals surface area (Å²) in [7, 11) is 3.03. The van der Waals surface area contributed by atoms with Crippen molar-refractivity contribution < 1.29 is 19.0 Å². The Morgan fingerprint density at radius 1 is 1.05 bits per heavy atom. The number of carbonyl (C=O) groups is 1. The van der Waals surface area contributed by atoms with Gasteiger partial charge in [-0.2, -0.15) is 5.26 Å². The Labute approximate surface area is 128 Å². The maximum absolute atomic E-state index is 12.0. The molecule has 2 rings (SSSR count). The average Bonchev–Trinajstić information content (AvgIpc) is 2.59. The van der Waals surface area contributed by atoms with Gasteiger partial charge in [-0.25, -0.2) is 4.79 Å². The van der Waals surface area contributed by atoms with E-state index in [0.717, 1.165) is 5.56 Å². The number of rotatable bonds is 5. The van der Waals surface area contributed by atoms with Crippen molar-refractivity contribution in [3.05, 3.63) is 59.2 Å². The van der Waals surface area contributed by atoms with Crippen LogP contribution in [0, 0.1) is 11.3 Å². The summed E-state index contributed by atoms with van der Waals surface area (Å²) in [6, 6.07) is 13.7. The summed E-state index contributed by atoms with van der Waals surface area (Å²) < 4.78 is 15.5. The van der Waals surface area contributed by atoms with Crippen LogP contribution in [0.5, 0.6) is 11.5 Å². The number of ether oxygens (including phenoxy) is 3. The van der Waals surface area contributed by atoms with Gasteiger partial charge in [0.2, 0.25) is 0 Å². The highest BCUT2D eigenvalue weighted by Crippen LogP contribution is 2.27. The third-order valence-electron chi connectivity index (χ3n) is 3.07. The highest BCUT2D eigenvalue weighted by Gasteiger charge is 2.12. The van der Waals surface area contributed by atoms with Crippen molar-refractivity contribution in [2.45, 2.75) is 6.61 Å². The maximum atomic E-state index is 12.0. The predicted molar refractivity (Wildman–Crippen MR) is 79.8 cm³/mol. The number of hydrogen-bond donors (Lipinski definition) is 0. The van der Waals surface area contributed by atoms with Crippen LogP contribution in [0.25, 0.3) is 0 Å². The Morgan fingerprint density at radius 3 is 2.32 bits per heavy atom. The lowest BCUT2D eigenvalue weighted by Crippen LogP contribution is -2.06. The van der Waals surface area contributed by atoms with E-state index in [2.05, 4.69) is 0 Å². The van der Waals surface area contributed by atoms with E-state index < -0.39 is 5.97 Å². The Hall–Kier alpha value is -3.00. The molecule has 0 aliphatic carbocycles. The molecule has 0 heterocycles. The minimum Gasteiger partial charge on any atom is -0.493 e. The molecule has 5 heteroatoms. The fourth-order valence-corrected chi connectivity index (χ4v) is 1.87. The maximum Gasteiger partial charge on any atom is 0.338 e. The van der Waals surface area contributed by atoms with E-state index in [-0.39, 0.29) is 6.61 Å². The van der Waals surface area contributed by atoms with Crippen molar-refractivity contribution in [2.24, 2.45) is 0 Å². The zero-order valence-electron chi connectivity index (χ0n) is 12.3. The van der Waals surface area contributed by atoms with Crippen molar-refractivity contribution in [3.63, 3.8) is 0 Å². The van der Waals surface area contributed by atoms with E-state index in [9.17, 15) is 4.79 Å². The summed E-state index contributed by atoms with van der Waals surface area (Å²) in [5.74, 6) is 0.562. The lowest BCUT2D eigenvalue weighted by molar-refractivity contribution is 0.0472. The normalized spacial score (nSPS) is 9.68. The summed E-state index contributed by atoms with van der Waals surface area (Å²) in [6.07, 6.45) is 0. The van der Waals surface area contributed by atoms with Gasteiger partial charge in [0.15, 0.2) is 11.5 Å². The molecule has 0 aliphatic rings. The van der Waals surface area contributed by atoms with Gasteiger partial charge in [0.25, 0.3) is 0 Å². The van der Waals surface area contributed by atoms with Gasteiger partial charge in [-0.05, 0) is 35.9 Å². The highest BCUT2D eigenvalue weighted by molar-refractivity contribution is 5.90. The summed E-state index contributed by atoms with van der Waals surface area (Å²) in [6.45, 7) is 0.138. The van der Waals surface area contributed by atoms with Crippen molar-refractivity contribution in [2.75, 3.05) is 14.2 Å². The first-order valence-electron chi connectivity index (χ1n) is 6.56. The first-order chi connectivity index (χ1) is 10.7. The van der Waals surface area contributed by atoms with E-state index in [1.165, 1.54) is 14.2 Å². The standard InChI is InChI=1S/C17H15NO4/c1-20-15-8-7-14(9-16(15)21-2)17(19)22-11-13-5-3-12(10-18)4-6-13/h3-9H,11H2,1-2H3. The van der Waals surface area contributed by atoms with Crippen LogP contribution in [0.4, 0.5) is 0 Å². The highest BCUT2D eigenvalue weighted by atomic mass is 16.5. The molecule has 0 radical (unpaired) electrons. The molecular weight excluding hydrogens is 282 g/mol. The quantitative estimate of drug-likeness (QED) is 0.794. The molecule has 0 spiro atoms. The van der Waals surface area contributed by atoms with Gasteiger partial charge in [0.05, 0.1) is 31.4 Å². The molecule has 2 aromatic carbocycles. The molecule has 0 atom stereocenters. The summed E-state index contributed by atoms with van der Waals surface area (Å²) in [5.41, 5.74) is 1.76. The third kappa shape index (κ3) is 3.55. The van der Waals surface area contributed by atoms with Crippen molar-refractivity contribution in [1.82, 2.24) is 0 Å². The topological polar surface area (TPSA) is 68.5 Å². The molecule has 0 unspecified atom stereocenters. The monoisotopic (exact) mass is 297 g/mol. The molecular formula is C17H15NO4. The van der Waals surface area contributed by atoms with E-state index in [1.54, 1.807) is 42.5 Å². The molecule has 112 valence electrons. The van der Waals surface area contributed by atoms with Crippen molar-refractivity contribution >= 4 is 5.97 Å². The van der Waals surface area contributed by atoms with Crippen LogP contribution in [0.2, 0.25) is 0 Å². The minimum atomic E-state index is -0.453. The zero-order chi connectivity index (χ0) is 15.9. The van der Waals surface area contributed by atoms with Crippen LogP contribution in [-0.2, 0) is 11.3 Å². The third-order valence-corrected chi connectivity index (χ3v) is 3.07. The van der Waals surface area contributed by atoms with Crippen molar-refractivity contribution in [3.8, 4) is 17.6 Å². The van der Waals surface area contributed by atoms with E-state index in [1.807, 2.05) is 6.07 Å². The molecule has 0 amide bonds. The fraction of sp³-hybridized carbons (Fsp3) is 0.176. The molecule has 5 nitrogen and oxygen atoms in total. The average molecular weight is 297 g/mol. The largest absolute Gasteiger partial charge is 0.493 e. The Kier molecular flexibility index (Phi) is 4.99. The van der Waals surface area contributed by atoms with Crippen molar-refractivity contribution in [1.29, 1.82) is 5.26 Å². The van der Waals surface area contributed by atoms with Crippen LogP contribution in [0.3, 0.4) is 0 Å². The first-order valence-corrected chi connectivity index (χ1v) is 6.56. The van der Waals surface area contributed by atoms with Crippen LogP contribution in [0.15, 0.2) is 42.5 Å². The Bertz CT molecular complexity index is 702. The second-order valence-electron chi connectivity index (χ2n) is 4.45. The zero-order valence-corrected chi connectivity index (χ0v) is 12.3. The summed E-state index contributed by atoms with van der Waals surface area (Å²) >= 11 is 0. The Balaban J connectivity index is 2.04.